The van der Waals surface area contributed by atoms with E-state index < -0.39 is 0 Å². The first-order chi connectivity index (χ1) is 9.33. The molecule has 1 aromatic heterocycles. The lowest BCUT2D eigenvalue weighted by atomic mass is 9.68. The van der Waals surface area contributed by atoms with Gasteiger partial charge in [0.05, 0.1) is 6.61 Å². The molecule has 2 fully saturated rings. The molecule has 1 saturated heterocycles. The summed E-state index contributed by atoms with van der Waals surface area (Å²) in [5, 5.41) is 9.42. The van der Waals surface area contributed by atoms with Crippen LogP contribution in [0.15, 0.2) is 18.3 Å². The van der Waals surface area contributed by atoms with Crippen LogP contribution in [0.5, 0.6) is 0 Å². The second-order valence-electron chi connectivity index (χ2n) is 6.19. The number of hydrogen-bond donors (Lipinski definition) is 1. The van der Waals surface area contributed by atoms with Gasteiger partial charge in [-0.1, -0.05) is 25.3 Å². The second-order valence-corrected chi connectivity index (χ2v) is 6.19. The Morgan fingerprint density at radius 3 is 2.53 bits per heavy atom. The van der Waals surface area contributed by atoms with Crippen LogP contribution in [0.1, 0.15) is 50.5 Å². The summed E-state index contributed by atoms with van der Waals surface area (Å²) in [7, 11) is 0. The second kappa shape index (κ2) is 5.49. The fourth-order valence-electron chi connectivity index (χ4n) is 3.83. The Labute approximate surface area is 115 Å². The summed E-state index contributed by atoms with van der Waals surface area (Å²) < 4.78 is 0. The maximum absolute atomic E-state index is 9.42. The maximum atomic E-state index is 9.42. The number of pyridine rings is 1. The number of hydrogen-bond acceptors (Lipinski definition) is 3. The summed E-state index contributed by atoms with van der Waals surface area (Å²) in [6.45, 7) is 2.29. The topological polar surface area (TPSA) is 36.4 Å². The van der Waals surface area contributed by atoms with Crippen molar-refractivity contribution in [1.29, 1.82) is 0 Å². The molecule has 0 atom stereocenters. The molecule has 19 heavy (non-hydrogen) atoms. The zero-order valence-corrected chi connectivity index (χ0v) is 11.6. The van der Waals surface area contributed by atoms with E-state index in [0.717, 1.165) is 24.5 Å². The predicted molar refractivity (Wildman–Crippen MR) is 77.1 cm³/mol. The molecule has 0 amide bonds. The van der Waals surface area contributed by atoms with Crippen LogP contribution in [-0.2, 0) is 6.61 Å². The van der Waals surface area contributed by atoms with E-state index in [2.05, 4.69) is 9.88 Å². The molecule has 0 unspecified atom stereocenters. The van der Waals surface area contributed by atoms with Crippen molar-refractivity contribution in [2.24, 2.45) is 5.41 Å². The highest BCUT2D eigenvalue weighted by molar-refractivity contribution is 5.46. The van der Waals surface area contributed by atoms with Gasteiger partial charge in [0.2, 0.25) is 0 Å². The van der Waals surface area contributed by atoms with Crippen LogP contribution in [-0.4, -0.2) is 23.2 Å². The fourth-order valence-corrected chi connectivity index (χ4v) is 3.83. The molecule has 1 N–H and O–H groups in total. The van der Waals surface area contributed by atoms with Crippen LogP contribution in [0.2, 0.25) is 0 Å². The van der Waals surface area contributed by atoms with E-state index in [0.29, 0.717) is 5.41 Å². The van der Waals surface area contributed by atoms with E-state index in [4.69, 9.17) is 0 Å². The van der Waals surface area contributed by atoms with Crippen LogP contribution in [0.25, 0.3) is 0 Å². The van der Waals surface area contributed by atoms with Gasteiger partial charge in [0.15, 0.2) is 0 Å². The molecule has 0 bridgehead atoms. The standard InChI is InChI=1S/C16H24N2O/c19-13-14-5-4-10-17-15(14)18-11-8-16(9-12-18)6-2-1-3-7-16/h4-5,10,19H,1-3,6-9,11-13H2. The van der Waals surface area contributed by atoms with E-state index in [1.54, 1.807) is 0 Å². The molecule has 2 heterocycles. The number of aromatic nitrogens is 1. The zero-order chi connectivity index (χ0) is 13.1. The fraction of sp³-hybridized carbons (Fsp3) is 0.688. The quantitative estimate of drug-likeness (QED) is 0.887. The van der Waals surface area contributed by atoms with E-state index in [9.17, 15) is 5.11 Å². The van der Waals surface area contributed by atoms with E-state index in [-0.39, 0.29) is 6.61 Å². The van der Waals surface area contributed by atoms with Crippen molar-refractivity contribution in [1.82, 2.24) is 4.98 Å². The molecule has 3 heteroatoms. The summed E-state index contributed by atoms with van der Waals surface area (Å²) in [5.41, 5.74) is 1.59. The minimum atomic E-state index is 0.0881. The van der Waals surface area contributed by atoms with Crippen molar-refractivity contribution < 1.29 is 5.11 Å². The van der Waals surface area contributed by atoms with Crippen LogP contribution < -0.4 is 4.90 Å². The van der Waals surface area contributed by atoms with Crippen LogP contribution in [0.3, 0.4) is 0 Å². The van der Waals surface area contributed by atoms with Crippen molar-refractivity contribution in [2.45, 2.75) is 51.6 Å². The van der Waals surface area contributed by atoms with E-state index >= 15 is 0 Å². The van der Waals surface area contributed by atoms with E-state index in [1.165, 1.54) is 44.9 Å². The third-order valence-electron chi connectivity index (χ3n) is 5.08. The first kappa shape index (κ1) is 12.9. The number of piperidine rings is 1. The number of nitrogens with zero attached hydrogens (tertiary/aromatic N) is 2. The normalized spacial score (nSPS) is 22.7. The number of aliphatic hydroxyl groups is 1. The monoisotopic (exact) mass is 260 g/mol. The molecule has 104 valence electrons. The molecule has 2 aliphatic rings. The van der Waals surface area contributed by atoms with E-state index in [1.807, 2.05) is 18.3 Å². The molecular weight excluding hydrogens is 236 g/mol. The van der Waals surface area contributed by atoms with Gasteiger partial charge in [-0.2, -0.15) is 0 Å². The molecule has 1 aromatic rings. The molecule has 1 saturated carbocycles. The number of aliphatic hydroxyl groups excluding tert-OH is 1. The van der Waals surface area contributed by atoms with Gasteiger partial charge in [0, 0.05) is 24.8 Å². The van der Waals surface area contributed by atoms with Gasteiger partial charge in [0.25, 0.3) is 0 Å². The Balaban J connectivity index is 1.69. The first-order valence-electron chi connectivity index (χ1n) is 7.63. The molecule has 1 aliphatic heterocycles. The Bertz CT molecular complexity index is 417. The predicted octanol–water partition coefficient (Wildman–Crippen LogP) is 3.12. The van der Waals surface area contributed by atoms with Gasteiger partial charge in [-0.15, -0.1) is 0 Å². The van der Waals surface area contributed by atoms with Gasteiger partial charge in [0.1, 0.15) is 5.82 Å². The lowest BCUT2D eigenvalue weighted by Crippen LogP contribution is -2.41. The summed E-state index contributed by atoms with van der Waals surface area (Å²) in [6, 6.07) is 3.88. The van der Waals surface area contributed by atoms with Crippen LogP contribution in [0, 0.1) is 5.41 Å². The Hall–Kier alpha value is -1.09. The van der Waals surface area contributed by atoms with Crippen molar-refractivity contribution in [3.63, 3.8) is 0 Å². The zero-order valence-electron chi connectivity index (χ0n) is 11.6. The third kappa shape index (κ3) is 2.62. The number of anilines is 1. The highest BCUT2D eigenvalue weighted by Crippen LogP contribution is 2.45. The summed E-state index contributed by atoms with van der Waals surface area (Å²) >= 11 is 0. The molecule has 3 nitrogen and oxygen atoms in total. The Morgan fingerprint density at radius 2 is 1.84 bits per heavy atom. The summed E-state index contributed by atoms with van der Waals surface area (Å²) in [5.74, 6) is 0.996. The highest BCUT2D eigenvalue weighted by atomic mass is 16.3. The highest BCUT2D eigenvalue weighted by Gasteiger charge is 2.35. The molecule has 0 aromatic carbocycles. The van der Waals surface area contributed by atoms with Crippen molar-refractivity contribution >= 4 is 5.82 Å². The smallest absolute Gasteiger partial charge is 0.134 e. The van der Waals surface area contributed by atoms with Crippen molar-refractivity contribution in [3.8, 4) is 0 Å². The van der Waals surface area contributed by atoms with Gasteiger partial charge >= 0.3 is 0 Å². The minimum Gasteiger partial charge on any atom is -0.392 e. The largest absolute Gasteiger partial charge is 0.392 e. The van der Waals surface area contributed by atoms with Gasteiger partial charge < -0.3 is 10.0 Å². The third-order valence-corrected chi connectivity index (χ3v) is 5.08. The lowest BCUT2D eigenvalue weighted by Gasteiger charge is -2.45. The molecule has 1 spiro atoms. The molecule has 1 aliphatic carbocycles. The van der Waals surface area contributed by atoms with Gasteiger partial charge in [-0.3, -0.25) is 0 Å². The van der Waals surface area contributed by atoms with Crippen LogP contribution >= 0.6 is 0 Å². The first-order valence-corrected chi connectivity index (χ1v) is 7.63. The maximum Gasteiger partial charge on any atom is 0.134 e. The van der Waals surface area contributed by atoms with Crippen molar-refractivity contribution in [3.05, 3.63) is 23.9 Å². The van der Waals surface area contributed by atoms with Gasteiger partial charge in [-0.25, -0.2) is 4.98 Å². The van der Waals surface area contributed by atoms with Crippen LogP contribution in [0.4, 0.5) is 5.82 Å². The Morgan fingerprint density at radius 1 is 1.11 bits per heavy atom. The van der Waals surface area contributed by atoms with Crippen molar-refractivity contribution in [2.75, 3.05) is 18.0 Å². The molecule has 0 radical (unpaired) electrons. The average molecular weight is 260 g/mol. The minimum absolute atomic E-state index is 0.0881. The SMILES string of the molecule is OCc1cccnc1N1CCC2(CCCCC2)CC1. The molecular formula is C16H24N2O. The summed E-state index contributed by atoms with van der Waals surface area (Å²) in [6.07, 6.45) is 11.6. The number of rotatable bonds is 2. The van der Waals surface area contributed by atoms with Gasteiger partial charge in [-0.05, 0) is 37.2 Å². The molecule has 3 rings (SSSR count). The Kier molecular flexibility index (Phi) is 3.74. The summed E-state index contributed by atoms with van der Waals surface area (Å²) in [4.78, 5) is 6.84. The lowest BCUT2D eigenvalue weighted by molar-refractivity contribution is 0.144. The average Bonchev–Trinajstić information content (AvgIpc) is 2.49.